The topological polar surface area (TPSA) is 40.6 Å². The molecule has 29 heavy (non-hydrogen) atoms. The van der Waals surface area contributed by atoms with Gasteiger partial charge in [-0.3, -0.25) is 9.59 Å². The summed E-state index contributed by atoms with van der Waals surface area (Å²) in [6, 6.07) is 16.1. The summed E-state index contributed by atoms with van der Waals surface area (Å²) < 4.78 is 0. The Hall–Kier alpha value is -2.62. The van der Waals surface area contributed by atoms with Gasteiger partial charge in [0.25, 0.3) is 5.91 Å². The molecule has 0 radical (unpaired) electrons. The van der Waals surface area contributed by atoms with E-state index in [4.69, 9.17) is 0 Å². The third kappa shape index (κ3) is 3.25. The molecule has 0 bridgehead atoms. The lowest BCUT2D eigenvalue weighted by atomic mass is 9.78. The van der Waals surface area contributed by atoms with Crippen molar-refractivity contribution in [3.63, 3.8) is 0 Å². The lowest BCUT2D eigenvalue weighted by Gasteiger charge is -2.44. The normalized spacial score (nSPS) is 24.4. The van der Waals surface area contributed by atoms with Crippen molar-refractivity contribution in [1.29, 1.82) is 0 Å². The first kappa shape index (κ1) is 18.4. The van der Waals surface area contributed by atoms with E-state index >= 15 is 0 Å². The third-order valence-electron chi connectivity index (χ3n) is 6.63. The lowest BCUT2D eigenvalue weighted by molar-refractivity contribution is -0.135. The lowest BCUT2D eigenvalue weighted by Crippen LogP contribution is -2.50. The quantitative estimate of drug-likeness (QED) is 0.779. The van der Waals surface area contributed by atoms with Crippen LogP contribution in [0.5, 0.6) is 0 Å². The highest BCUT2D eigenvalue weighted by atomic mass is 16.2. The van der Waals surface area contributed by atoms with Gasteiger partial charge in [0.2, 0.25) is 5.91 Å². The Balaban J connectivity index is 1.66. The van der Waals surface area contributed by atoms with E-state index in [0.717, 1.165) is 55.5 Å². The van der Waals surface area contributed by atoms with E-state index in [1.54, 1.807) is 0 Å². The Bertz CT molecular complexity index is 943. The standard InChI is InChI=1S/C25H28N2O2/c1-17-8-7-9-18(16-17)23-22(25(29)26-14-5-2-6-15-26)20-10-3-4-11-21(20)24(28)27(23)19-12-13-19/h3-4,7-11,16,19,22-23H,2,5-6,12-15H2,1H3/t22-,23+/m0/s1. The molecule has 4 nitrogen and oxygen atoms in total. The Morgan fingerprint density at radius 2 is 1.72 bits per heavy atom. The number of piperidine rings is 1. The summed E-state index contributed by atoms with van der Waals surface area (Å²) >= 11 is 0. The van der Waals surface area contributed by atoms with Crippen molar-refractivity contribution in [2.24, 2.45) is 0 Å². The van der Waals surface area contributed by atoms with E-state index in [2.05, 4.69) is 25.1 Å². The number of rotatable bonds is 3. The number of hydrogen-bond acceptors (Lipinski definition) is 2. The van der Waals surface area contributed by atoms with Gasteiger partial charge in [0.1, 0.15) is 0 Å². The Labute approximate surface area is 172 Å². The van der Waals surface area contributed by atoms with Crippen molar-refractivity contribution in [2.75, 3.05) is 13.1 Å². The van der Waals surface area contributed by atoms with Gasteiger partial charge in [-0.25, -0.2) is 0 Å². The predicted molar refractivity (Wildman–Crippen MR) is 113 cm³/mol. The molecule has 2 atom stereocenters. The van der Waals surface area contributed by atoms with Crippen LogP contribution in [0.1, 0.15) is 71.1 Å². The largest absolute Gasteiger partial charge is 0.342 e. The van der Waals surface area contributed by atoms with Crippen LogP contribution < -0.4 is 0 Å². The van der Waals surface area contributed by atoms with Crippen LogP contribution in [0.15, 0.2) is 48.5 Å². The molecule has 3 aliphatic rings. The van der Waals surface area contributed by atoms with Gasteiger partial charge >= 0.3 is 0 Å². The molecule has 2 aromatic rings. The minimum atomic E-state index is -0.329. The molecule has 2 aromatic carbocycles. The summed E-state index contributed by atoms with van der Waals surface area (Å²) in [5, 5.41) is 0. The molecule has 0 spiro atoms. The van der Waals surface area contributed by atoms with Crippen LogP contribution in [0, 0.1) is 6.92 Å². The van der Waals surface area contributed by atoms with Crippen LogP contribution in [0.25, 0.3) is 0 Å². The minimum absolute atomic E-state index is 0.0808. The molecule has 0 aromatic heterocycles. The highest BCUT2D eigenvalue weighted by molar-refractivity contribution is 6.01. The molecule has 2 fully saturated rings. The van der Waals surface area contributed by atoms with E-state index in [1.165, 1.54) is 6.42 Å². The average Bonchev–Trinajstić information content (AvgIpc) is 3.59. The molecule has 150 valence electrons. The molecule has 5 rings (SSSR count). The number of amides is 2. The van der Waals surface area contributed by atoms with Crippen molar-refractivity contribution in [3.05, 3.63) is 70.8 Å². The van der Waals surface area contributed by atoms with Crippen LogP contribution in [0.3, 0.4) is 0 Å². The van der Waals surface area contributed by atoms with Crippen molar-refractivity contribution >= 4 is 11.8 Å². The molecule has 0 unspecified atom stereocenters. The summed E-state index contributed by atoms with van der Waals surface area (Å²) in [6.45, 7) is 3.73. The molecule has 4 heteroatoms. The molecule has 1 saturated heterocycles. The summed E-state index contributed by atoms with van der Waals surface area (Å²) in [6.07, 6.45) is 5.39. The monoisotopic (exact) mass is 388 g/mol. The molecule has 1 aliphatic carbocycles. The summed E-state index contributed by atoms with van der Waals surface area (Å²) in [7, 11) is 0. The van der Waals surface area contributed by atoms with E-state index in [-0.39, 0.29) is 29.8 Å². The van der Waals surface area contributed by atoms with Gasteiger partial charge in [0.05, 0.1) is 12.0 Å². The second-order valence-electron chi connectivity index (χ2n) is 8.75. The first-order valence-electron chi connectivity index (χ1n) is 10.9. The number of carbonyl (C=O) groups is 2. The summed E-state index contributed by atoms with van der Waals surface area (Å²) in [5.41, 5.74) is 3.85. The zero-order chi connectivity index (χ0) is 20.0. The van der Waals surface area contributed by atoms with Crippen LogP contribution in [-0.4, -0.2) is 40.7 Å². The number of carbonyl (C=O) groups excluding carboxylic acids is 2. The number of nitrogens with zero attached hydrogens (tertiary/aromatic N) is 2. The van der Waals surface area contributed by atoms with Crippen molar-refractivity contribution in [2.45, 2.75) is 57.0 Å². The van der Waals surface area contributed by atoms with Crippen molar-refractivity contribution in [3.8, 4) is 0 Å². The second-order valence-corrected chi connectivity index (χ2v) is 8.75. The van der Waals surface area contributed by atoms with Gasteiger partial charge in [0.15, 0.2) is 0 Å². The van der Waals surface area contributed by atoms with Gasteiger partial charge < -0.3 is 9.80 Å². The Kier molecular flexibility index (Phi) is 4.65. The van der Waals surface area contributed by atoms with Crippen LogP contribution in [-0.2, 0) is 4.79 Å². The summed E-state index contributed by atoms with van der Waals surface area (Å²) in [5.74, 6) is -0.0662. The van der Waals surface area contributed by atoms with Crippen molar-refractivity contribution in [1.82, 2.24) is 9.80 Å². The van der Waals surface area contributed by atoms with Crippen LogP contribution >= 0.6 is 0 Å². The second kappa shape index (κ2) is 7.33. The fraction of sp³-hybridized carbons (Fsp3) is 0.440. The molecule has 0 N–H and O–H groups in total. The van der Waals surface area contributed by atoms with E-state index < -0.39 is 0 Å². The van der Waals surface area contributed by atoms with Gasteiger partial charge in [0, 0.05) is 24.7 Å². The molecule has 2 heterocycles. The smallest absolute Gasteiger partial charge is 0.254 e. The zero-order valence-electron chi connectivity index (χ0n) is 17.0. The molecular formula is C25H28N2O2. The van der Waals surface area contributed by atoms with E-state index in [0.29, 0.717) is 5.56 Å². The third-order valence-corrected chi connectivity index (χ3v) is 6.63. The average molecular weight is 389 g/mol. The number of fused-ring (bicyclic) bond motifs is 1. The van der Waals surface area contributed by atoms with E-state index in [1.807, 2.05) is 40.1 Å². The molecule has 2 amide bonds. The van der Waals surface area contributed by atoms with Crippen LogP contribution in [0.4, 0.5) is 0 Å². The van der Waals surface area contributed by atoms with Gasteiger partial charge in [-0.15, -0.1) is 0 Å². The fourth-order valence-electron chi connectivity index (χ4n) is 5.09. The van der Waals surface area contributed by atoms with Gasteiger partial charge in [-0.05, 0) is 56.2 Å². The fourth-order valence-corrected chi connectivity index (χ4v) is 5.09. The summed E-state index contributed by atoms with van der Waals surface area (Å²) in [4.78, 5) is 31.4. The Morgan fingerprint density at radius 1 is 0.966 bits per heavy atom. The van der Waals surface area contributed by atoms with Crippen LogP contribution in [0.2, 0.25) is 0 Å². The SMILES string of the molecule is Cc1cccc([C@@H]2[C@@H](C(=O)N3CCCCC3)c3ccccc3C(=O)N2C2CC2)c1. The molecule has 2 aliphatic heterocycles. The van der Waals surface area contributed by atoms with Crippen molar-refractivity contribution < 1.29 is 9.59 Å². The minimum Gasteiger partial charge on any atom is -0.342 e. The first-order chi connectivity index (χ1) is 14.1. The van der Waals surface area contributed by atoms with Gasteiger partial charge in [-0.1, -0.05) is 48.0 Å². The number of aryl methyl sites for hydroxylation is 1. The zero-order valence-corrected chi connectivity index (χ0v) is 17.0. The number of benzene rings is 2. The number of likely N-dealkylation sites (tertiary alicyclic amines) is 1. The number of hydrogen-bond donors (Lipinski definition) is 0. The Morgan fingerprint density at radius 3 is 2.45 bits per heavy atom. The predicted octanol–water partition coefficient (Wildman–Crippen LogP) is 4.45. The molecular weight excluding hydrogens is 360 g/mol. The maximum absolute atomic E-state index is 13.9. The highest BCUT2D eigenvalue weighted by Crippen LogP contribution is 2.48. The maximum atomic E-state index is 13.9. The highest BCUT2D eigenvalue weighted by Gasteiger charge is 2.49. The molecule has 1 saturated carbocycles. The maximum Gasteiger partial charge on any atom is 0.254 e. The van der Waals surface area contributed by atoms with E-state index in [9.17, 15) is 9.59 Å². The van der Waals surface area contributed by atoms with Gasteiger partial charge in [-0.2, -0.15) is 0 Å². The first-order valence-corrected chi connectivity index (χ1v) is 10.9.